The van der Waals surface area contributed by atoms with Gasteiger partial charge in [0.05, 0.1) is 26.0 Å². The molecule has 0 bridgehead atoms. The molecule has 1 N–H and O–H groups in total. The summed E-state index contributed by atoms with van der Waals surface area (Å²) >= 11 is 0. The molecule has 1 fully saturated rings. The van der Waals surface area contributed by atoms with E-state index in [-0.39, 0.29) is 5.91 Å². The van der Waals surface area contributed by atoms with Crippen molar-refractivity contribution in [3.05, 3.63) is 76.9 Å². The topological polar surface area (TPSA) is 68.6 Å². The van der Waals surface area contributed by atoms with E-state index in [1.807, 2.05) is 37.3 Å². The van der Waals surface area contributed by atoms with Crippen molar-refractivity contribution in [1.82, 2.24) is 14.9 Å². The number of methoxy groups -OCH3 is 1. The van der Waals surface area contributed by atoms with Gasteiger partial charge in [0, 0.05) is 49.8 Å². The van der Waals surface area contributed by atoms with Crippen LogP contribution in [0.5, 0.6) is 5.75 Å². The maximum Gasteiger partial charge on any atom is 0.268 e. The Labute approximate surface area is 189 Å². The number of carbonyl (C=O) groups excluding carboxylic acids is 1. The summed E-state index contributed by atoms with van der Waals surface area (Å²) in [4.78, 5) is 19.9. The summed E-state index contributed by atoms with van der Waals surface area (Å²) in [5.41, 5.74) is 5.94. The van der Waals surface area contributed by atoms with Gasteiger partial charge >= 0.3 is 0 Å². The number of morpholine rings is 1. The Bertz CT molecular complexity index is 1070. The van der Waals surface area contributed by atoms with Gasteiger partial charge in [0.25, 0.3) is 5.91 Å². The van der Waals surface area contributed by atoms with Crippen molar-refractivity contribution in [2.75, 3.05) is 38.3 Å². The number of carbonyl (C=O) groups is 1. The predicted octanol–water partition coefficient (Wildman–Crippen LogP) is 3.32. The Morgan fingerprint density at radius 3 is 2.66 bits per heavy atom. The number of nitrogens with zero attached hydrogens (tertiary/aromatic N) is 3. The van der Waals surface area contributed by atoms with Crippen LogP contribution in [0.3, 0.4) is 0 Å². The van der Waals surface area contributed by atoms with Crippen LogP contribution in [0.15, 0.2) is 48.8 Å². The van der Waals surface area contributed by atoms with E-state index in [1.165, 1.54) is 0 Å². The molecule has 0 saturated carbocycles. The van der Waals surface area contributed by atoms with Crippen molar-refractivity contribution >= 4 is 11.6 Å². The standard InChI is InChI=1S/C25H30N4O3/c1-18-23(28-10-12-32-13-11-28)19(2)29(17-20-6-4-8-22(14-20)31-3)24(18)25(30)27-16-21-7-5-9-26-15-21/h4-9,14-15H,10-13,16-17H2,1-3H3,(H,27,30). The molecule has 1 amide bonds. The molecule has 7 nitrogen and oxygen atoms in total. The van der Waals surface area contributed by atoms with Gasteiger partial charge in [0.2, 0.25) is 0 Å². The summed E-state index contributed by atoms with van der Waals surface area (Å²) in [5.74, 6) is 0.719. The van der Waals surface area contributed by atoms with Crippen molar-refractivity contribution in [2.45, 2.75) is 26.9 Å². The third-order valence-electron chi connectivity index (χ3n) is 5.92. The molecular formula is C25H30N4O3. The second-order valence-electron chi connectivity index (χ2n) is 7.99. The first-order chi connectivity index (χ1) is 15.6. The third-order valence-corrected chi connectivity index (χ3v) is 5.92. The lowest BCUT2D eigenvalue weighted by atomic mass is 10.1. The molecule has 0 atom stereocenters. The lowest BCUT2D eigenvalue weighted by molar-refractivity contribution is 0.0941. The highest BCUT2D eigenvalue weighted by molar-refractivity contribution is 5.96. The second kappa shape index (κ2) is 9.87. The van der Waals surface area contributed by atoms with Crippen LogP contribution in [0.4, 0.5) is 5.69 Å². The molecule has 1 aliphatic heterocycles. The van der Waals surface area contributed by atoms with Gasteiger partial charge in [-0.3, -0.25) is 9.78 Å². The minimum Gasteiger partial charge on any atom is -0.497 e. The van der Waals surface area contributed by atoms with Crippen molar-refractivity contribution in [2.24, 2.45) is 0 Å². The molecular weight excluding hydrogens is 404 g/mol. The summed E-state index contributed by atoms with van der Waals surface area (Å²) in [6, 6.07) is 11.8. The first kappa shape index (κ1) is 21.9. The van der Waals surface area contributed by atoms with Crippen LogP contribution in [0, 0.1) is 13.8 Å². The van der Waals surface area contributed by atoms with E-state index in [0.717, 1.165) is 46.9 Å². The van der Waals surface area contributed by atoms with E-state index in [0.29, 0.717) is 32.0 Å². The number of anilines is 1. The summed E-state index contributed by atoms with van der Waals surface area (Å²) in [5, 5.41) is 3.08. The molecule has 168 valence electrons. The Morgan fingerprint density at radius 1 is 1.16 bits per heavy atom. The smallest absolute Gasteiger partial charge is 0.268 e. The van der Waals surface area contributed by atoms with E-state index < -0.39 is 0 Å². The first-order valence-corrected chi connectivity index (χ1v) is 10.9. The number of rotatable bonds is 7. The van der Waals surface area contributed by atoms with Crippen molar-refractivity contribution in [1.29, 1.82) is 0 Å². The number of aromatic nitrogens is 2. The first-order valence-electron chi connectivity index (χ1n) is 10.9. The molecule has 32 heavy (non-hydrogen) atoms. The number of hydrogen-bond donors (Lipinski definition) is 1. The van der Waals surface area contributed by atoms with Crippen LogP contribution in [0.1, 0.15) is 32.9 Å². The molecule has 2 aromatic heterocycles. The lowest BCUT2D eigenvalue weighted by Crippen LogP contribution is -2.36. The average molecular weight is 435 g/mol. The van der Waals surface area contributed by atoms with Gasteiger partial charge in [-0.2, -0.15) is 0 Å². The summed E-state index contributed by atoms with van der Waals surface area (Å²) in [7, 11) is 1.66. The molecule has 0 aliphatic carbocycles. The molecule has 0 unspecified atom stereocenters. The normalized spacial score (nSPS) is 13.8. The molecule has 0 spiro atoms. The molecule has 3 aromatic rings. The van der Waals surface area contributed by atoms with Gasteiger partial charge in [-0.1, -0.05) is 18.2 Å². The van der Waals surface area contributed by atoms with Crippen LogP contribution in [0.2, 0.25) is 0 Å². The Morgan fingerprint density at radius 2 is 1.94 bits per heavy atom. The molecule has 1 saturated heterocycles. The van der Waals surface area contributed by atoms with Crippen LogP contribution in [-0.4, -0.2) is 48.9 Å². The molecule has 4 rings (SSSR count). The van der Waals surface area contributed by atoms with Gasteiger partial charge in [-0.15, -0.1) is 0 Å². The van der Waals surface area contributed by atoms with Gasteiger partial charge in [-0.25, -0.2) is 0 Å². The zero-order valence-electron chi connectivity index (χ0n) is 18.9. The van der Waals surface area contributed by atoms with E-state index in [2.05, 4.69) is 32.8 Å². The van der Waals surface area contributed by atoms with Crippen LogP contribution in [0.25, 0.3) is 0 Å². The van der Waals surface area contributed by atoms with Crippen LogP contribution in [-0.2, 0) is 17.8 Å². The summed E-state index contributed by atoms with van der Waals surface area (Å²) in [6.45, 7) is 8.19. The highest BCUT2D eigenvalue weighted by Crippen LogP contribution is 2.32. The second-order valence-corrected chi connectivity index (χ2v) is 7.99. The number of nitrogens with one attached hydrogen (secondary N) is 1. The largest absolute Gasteiger partial charge is 0.497 e. The monoisotopic (exact) mass is 434 g/mol. The SMILES string of the molecule is COc1cccc(Cn2c(C)c(N3CCOCC3)c(C)c2C(=O)NCc2cccnc2)c1. The summed E-state index contributed by atoms with van der Waals surface area (Å²) < 4.78 is 13.1. The van der Waals surface area contributed by atoms with E-state index in [4.69, 9.17) is 9.47 Å². The molecule has 1 aliphatic rings. The minimum atomic E-state index is -0.0862. The number of benzene rings is 1. The Balaban J connectivity index is 1.69. The Hall–Kier alpha value is -3.32. The quantitative estimate of drug-likeness (QED) is 0.618. The molecule has 1 aromatic carbocycles. The van der Waals surface area contributed by atoms with E-state index in [1.54, 1.807) is 19.5 Å². The Kier molecular flexibility index (Phi) is 6.75. The fourth-order valence-electron chi connectivity index (χ4n) is 4.35. The lowest BCUT2D eigenvalue weighted by Gasteiger charge is -2.29. The molecule has 0 radical (unpaired) electrons. The number of pyridine rings is 1. The van der Waals surface area contributed by atoms with Crippen molar-refractivity contribution < 1.29 is 14.3 Å². The van der Waals surface area contributed by atoms with Gasteiger partial charge in [0.1, 0.15) is 11.4 Å². The number of amides is 1. The highest BCUT2D eigenvalue weighted by atomic mass is 16.5. The highest BCUT2D eigenvalue weighted by Gasteiger charge is 2.27. The molecule has 3 heterocycles. The fraction of sp³-hybridized carbons (Fsp3) is 0.360. The van der Waals surface area contributed by atoms with E-state index >= 15 is 0 Å². The number of ether oxygens (including phenoxy) is 2. The summed E-state index contributed by atoms with van der Waals surface area (Å²) in [6.07, 6.45) is 3.50. The minimum absolute atomic E-state index is 0.0862. The predicted molar refractivity (Wildman–Crippen MR) is 124 cm³/mol. The van der Waals surface area contributed by atoms with Crippen LogP contribution >= 0.6 is 0 Å². The average Bonchev–Trinajstić information content (AvgIpc) is 3.08. The fourth-order valence-corrected chi connectivity index (χ4v) is 4.35. The maximum absolute atomic E-state index is 13.4. The van der Waals surface area contributed by atoms with Gasteiger partial charge < -0.3 is 24.3 Å². The van der Waals surface area contributed by atoms with E-state index in [9.17, 15) is 4.79 Å². The zero-order valence-corrected chi connectivity index (χ0v) is 18.9. The van der Waals surface area contributed by atoms with Crippen LogP contribution < -0.4 is 15.0 Å². The maximum atomic E-state index is 13.4. The van der Waals surface area contributed by atoms with Crippen molar-refractivity contribution in [3.63, 3.8) is 0 Å². The zero-order chi connectivity index (χ0) is 22.5. The van der Waals surface area contributed by atoms with Gasteiger partial charge in [0.15, 0.2) is 0 Å². The van der Waals surface area contributed by atoms with Crippen molar-refractivity contribution in [3.8, 4) is 5.75 Å². The number of hydrogen-bond acceptors (Lipinski definition) is 5. The third kappa shape index (κ3) is 4.62. The molecule has 7 heteroatoms. The van der Waals surface area contributed by atoms with Gasteiger partial charge in [-0.05, 0) is 43.2 Å².